The molecule has 0 bridgehead atoms. The van der Waals surface area contributed by atoms with Gasteiger partial charge in [0.1, 0.15) is 5.82 Å². The highest BCUT2D eigenvalue weighted by molar-refractivity contribution is 7.98. The van der Waals surface area contributed by atoms with Gasteiger partial charge in [-0.25, -0.2) is 10.2 Å². The average molecular weight is 297 g/mol. The highest BCUT2D eigenvalue weighted by Gasteiger charge is 2.12. The van der Waals surface area contributed by atoms with Gasteiger partial charge in [-0.3, -0.25) is 10.2 Å². The summed E-state index contributed by atoms with van der Waals surface area (Å²) in [4.78, 5) is 12.7. The molecular weight excluding hydrogens is 285 g/mol. The molecule has 1 aromatic carbocycles. The van der Waals surface area contributed by atoms with Crippen LogP contribution in [0.3, 0.4) is 0 Å². The van der Waals surface area contributed by atoms with Crippen LogP contribution in [-0.2, 0) is 5.75 Å². The summed E-state index contributed by atoms with van der Waals surface area (Å²) in [7, 11) is 0. The molecule has 4 nitrogen and oxygen atoms in total. The highest BCUT2D eigenvalue weighted by atomic mass is 32.2. The fourth-order valence-corrected chi connectivity index (χ4v) is 3.40. The largest absolute Gasteiger partial charge is 0.398 e. The quantitative estimate of drug-likeness (QED) is 0.266. The number of nitrogens with one attached hydrogen (secondary N) is 1. The zero-order valence-electron chi connectivity index (χ0n) is 9.85. The summed E-state index contributed by atoms with van der Waals surface area (Å²) in [5.41, 5.74) is 9.24. The predicted molar refractivity (Wildman–Crippen MR) is 76.3 cm³/mol. The number of hydrazine groups is 1. The molecule has 0 saturated carbocycles. The Labute approximate surface area is 118 Å². The molecule has 19 heavy (non-hydrogen) atoms. The fourth-order valence-electron chi connectivity index (χ4n) is 1.50. The number of hydrogen-bond acceptors (Lipinski definition) is 5. The van der Waals surface area contributed by atoms with Crippen molar-refractivity contribution in [3.05, 3.63) is 45.9 Å². The molecule has 0 aliphatic rings. The summed E-state index contributed by atoms with van der Waals surface area (Å²) < 4.78 is 13.1. The predicted octanol–water partition coefficient (Wildman–Crippen LogP) is 2.37. The van der Waals surface area contributed by atoms with Crippen molar-refractivity contribution in [2.75, 3.05) is 5.73 Å². The molecule has 0 atom stereocenters. The molecule has 0 saturated heterocycles. The average Bonchev–Trinajstić information content (AvgIpc) is 2.87. The number of thiophene rings is 1. The van der Waals surface area contributed by atoms with Gasteiger partial charge >= 0.3 is 0 Å². The number of benzene rings is 1. The van der Waals surface area contributed by atoms with Crippen LogP contribution in [0.25, 0.3) is 0 Å². The molecule has 1 aromatic heterocycles. The van der Waals surface area contributed by atoms with Gasteiger partial charge in [0.2, 0.25) is 0 Å². The van der Waals surface area contributed by atoms with E-state index in [1.54, 1.807) is 0 Å². The molecular formula is C12H12FN3OS2. The van der Waals surface area contributed by atoms with Gasteiger partial charge in [0.05, 0.1) is 4.88 Å². The van der Waals surface area contributed by atoms with Crippen molar-refractivity contribution in [1.29, 1.82) is 0 Å². The van der Waals surface area contributed by atoms with Crippen molar-refractivity contribution in [2.45, 2.75) is 10.6 Å². The van der Waals surface area contributed by atoms with E-state index in [0.717, 1.165) is 5.56 Å². The summed E-state index contributed by atoms with van der Waals surface area (Å²) in [5, 5.41) is 1.81. The third-order valence-corrected chi connectivity index (χ3v) is 4.52. The number of carbonyl (C=O) groups excluding carboxylic acids is 1. The van der Waals surface area contributed by atoms with E-state index in [-0.39, 0.29) is 11.7 Å². The van der Waals surface area contributed by atoms with Crippen molar-refractivity contribution >= 4 is 34.7 Å². The summed E-state index contributed by atoms with van der Waals surface area (Å²) >= 11 is 2.70. The van der Waals surface area contributed by atoms with Crippen LogP contribution in [0.4, 0.5) is 10.1 Å². The van der Waals surface area contributed by atoms with Gasteiger partial charge in [-0.1, -0.05) is 0 Å². The molecule has 100 valence electrons. The fraction of sp³-hybridized carbons (Fsp3) is 0.0833. The van der Waals surface area contributed by atoms with Crippen molar-refractivity contribution in [3.8, 4) is 0 Å². The van der Waals surface area contributed by atoms with Gasteiger partial charge in [0.15, 0.2) is 0 Å². The minimum Gasteiger partial charge on any atom is -0.398 e. The topological polar surface area (TPSA) is 81.1 Å². The molecule has 0 aliphatic carbocycles. The molecule has 1 amide bonds. The van der Waals surface area contributed by atoms with E-state index in [1.165, 1.54) is 41.3 Å². The van der Waals surface area contributed by atoms with Crippen LogP contribution in [0.2, 0.25) is 0 Å². The molecule has 2 rings (SSSR count). The van der Waals surface area contributed by atoms with E-state index < -0.39 is 0 Å². The van der Waals surface area contributed by atoms with Crippen LogP contribution in [0, 0.1) is 5.82 Å². The first-order chi connectivity index (χ1) is 9.11. The number of halogens is 1. The SMILES string of the molecule is NNC(=O)c1sccc1CSc1cc(F)ccc1N. The smallest absolute Gasteiger partial charge is 0.275 e. The van der Waals surface area contributed by atoms with Crippen molar-refractivity contribution in [1.82, 2.24) is 5.43 Å². The molecule has 0 spiro atoms. The first-order valence-electron chi connectivity index (χ1n) is 5.37. The number of rotatable bonds is 4. The molecule has 1 heterocycles. The number of thioether (sulfide) groups is 1. The summed E-state index contributed by atoms with van der Waals surface area (Å²) in [5.74, 6) is 4.99. The van der Waals surface area contributed by atoms with Crippen LogP contribution in [-0.4, -0.2) is 5.91 Å². The third-order valence-electron chi connectivity index (χ3n) is 2.44. The number of nitrogen functional groups attached to an aromatic ring is 2. The van der Waals surface area contributed by atoms with Crippen LogP contribution in [0.5, 0.6) is 0 Å². The summed E-state index contributed by atoms with van der Waals surface area (Å²) in [6, 6.07) is 6.07. The van der Waals surface area contributed by atoms with Crippen LogP contribution in [0.1, 0.15) is 15.2 Å². The van der Waals surface area contributed by atoms with Crippen molar-refractivity contribution in [3.63, 3.8) is 0 Å². The highest BCUT2D eigenvalue weighted by Crippen LogP contribution is 2.31. The van der Waals surface area contributed by atoms with E-state index in [0.29, 0.717) is 21.2 Å². The lowest BCUT2D eigenvalue weighted by Gasteiger charge is -2.06. The lowest BCUT2D eigenvalue weighted by Crippen LogP contribution is -2.29. The Morgan fingerprint density at radius 2 is 2.21 bits per heavy atom. The van der Waals surface area contributed by atoms with Crippen LogP contribution >= 0.6 is 23.1 Å². The lowest BCUT2D eigenvalue weighted by molar-refractivity contribution is 0.0957. The molecule has 0 unspecified atom stereocenters. The zero-order valence-corrected chi connectivity index (χ0v) is 11.5. The van der Waals surface area contributed by atoms with E-state index in [9.17, 15) is 9.18 Å². The molecule has 2 aromatic rings. The summed E-state index contributed by atoms with van der Waals surface area (Å²) in [6.45, 7) is 0. The van der Waals surface area contributed by atoms with E-state index in [1.807, 2.05) is 11.4 Å². The summed E-state index contributed by atoms with van der Waals surface area (Å²) in [6.07, 6.45) is 0. The molecule has 7 heteroatoms. The number of anilines is 1. The van der Waals surface area contributed by atoms with E-state index >= 15 is 0 Å². The molecule has 0 fully saturated rings. The third kappa shape index (κ3) is 3.25. The van der Waals surface area contributed by atoms with Crippen molar-refractivity contribution < 1.29 is 9.18 Å². The second-order valence-electron chi connectivity index (χ2n) is 3.72. The van der Waals surface area contributed by atoms with Gasteiger partial charge in [0, 0.05) is 16.3 Å². The first kappa shape index (κ1) is 13.9. The maximum absolute atomic E-state index is 13.1. The maximum Gasteiger partial charge on any atom is 0.275 e. The zero-order chi connectivity index (χ0) is 13.8. The van der Waals surface area contributed by atoms with Crippen LogP contribution in [0.15, 0.2) is 34.5 Å². The number of nitrogens with two attached hydrogens (primary N) is 2. The van der Waals surface area contributed by atoms with Crippen molar-refractivity contribution in [2.24, 2.45) is 5.84 Å². The second-order valence-corrected chi connectivity index (χ2v) is 5.65. The van der Waals surface area contributed by atoms with Gasteiger partial charge < -0.3 is 5.73 Å². The Kier molecular flexibility index (Phi) is 4.41. The van der Waals surface area contributed by atoms with E-state index in [4.69, 9.17) is 11.6 Å². The minimum atomic E-state index is -0.332. The number of carbonyl (C=O) groups is 1. The number of hydrogen-bond donors (Lipinski definition) is 3. The van der Waals surface area contributed by atoms with Gasteiger partial charge in [-0.05, 0) is 35.2 Å². The minimum absolute atomic E-state index is 0.321. The van der Waals surface area contributed by atoms with Gasteiger partial charge in [0.25, 0.3) is 5.91 Å². The molecule has 0 aliphatic heterocycles. The van der Waals surface area contributed by atoms with Gasteiger partial charge in [-0.2, -0.15) is 0 Å². The van der Waals surface area contributed by atoms with Crippen LogP contribution < -0.4 is 17.0 Å². The van der Waals surface area contributed by atoms with Gasteiger partial charge in [-0.15, -0.1) is 23.1 Å². The molecule has 5 N–H and O–H groups in total. The Morgan fingerprint density at radius 3 is 2.95 bits per heavy atom. The standard InChI is InChI=1S/C12H12FN3OS2/c13-8-1-2-9(14)10(5-8)19-6-7-3-4-18-11(7)12(17)16-15/h1-5H,6,14-15H2,(H,16,17). The Hall–Kier alpha value is -1.57. The Balaban J connectivity index is 2.13. The number of amides is 1. The first-order valence-corrected chi connectivity index (χ1v) is 7.23. The monoisotopic (exact) mass is 297 g/mol. The maximum atomic E-state index is 13.1. The van der Waals surface area contributed by atoms with E-state index in [2.05, 4.69) is 5.43 Å². The molecule has 0 radical (unpaired) electrons. The lowest BCUT2D eigenvalue weighted by atomic mass is 10.3. The Morgan fingerprint density at radius 1 is 1.42 bits per heavy atom. The normalized spacial score (nSPS) is 10.4. The Bertz CT molecular complexity index is 600. The second kappa shape index (κ2) is 6.05.